The third kappa shape index (κ3) is 3.84. The average Bonchev–Trinajstić information content (AvgIpc) is 2.67. The number of nitrogens with one attached hydrogen (secondary N) is 1. The first-order valence-electron chi connectivity index (χ1n) is 6.27. The van der Waals surface area contributed by atoms with Crippen molar-refractivity contribution in [1.29, 1.82) is 0 Å². The number of aromatic nitrogens is 2. The second kappa shape index (κ2) is 6.59. The average molecular weight is 340 g/mol. The number of hydrogen-bond donors (Lipinski definition) is 1. The number of aryl methyl sites for hydroxylation is 2. The Bertz CT molecular complexity index is 566. The van der Waals surface area contributed by atoms with E-state index in [1.165, 1.54) is 10.5 Å². The Morgan fingerprint density at radius 2 is 2.16 bits per heavy atom. The van der Waals surface area contributed by atoms with Crippen LogP contribution < -0.4 is 5.32 Å². The van der Waals surface area contributed by atoms with Gasteiger partial charge >= 0.3 is 0 Å². The van der Waals surface area contributed by atoms with Crippen LogP contribution in [0.25, 0.3) is 0 Å². The van der Waals surface area contributed by atoms with Crippen LogP contribution in [0.1, 0.15) is 18.2 Å². The number of nitrogens with zero attached hydrogens (tertiary/aromatic N) is 2. The van der Waals surface area contributed by atoms with E-state index in [0.717, 1.165) is 28.3 Å². The summed E-state index contributed by atoms with van der Waals surface area (Å²) in [7, 11) is 1.98. The van der Waals surface area contributed by atoms with Gasteiger partial charge in [0.05, 0.1) is 10.7 Å². The van der Waals surface area contributed by atoms with Gasteiger partial charge in [0.25, 0.3) is 0 Å². The fourth-order valence-electron chi connectivity index (χ4n) is 1.82. The van der Waals surface area contributed by atoms with Crippen molar-refractivity contribution in [2.45, 2.75) is 30.3 Å². The molecule has 2 rings (SSSR count). The molecule has 3 nitrogen and oxygen atoms in total. The first-order valence-corrected chi connectivity index (χ1v) is 7.88. The first kappa shape index (κ1) is 14.6. The lowest BCUT2D eigenvalue weighted by Crippen LogP contribution is -2.12. The SMILES string of the molecule is CCNCc1ccc(Br)cc1Sc1cc(C)nn1C. The Balaban J connectivity index is 2.27. The fourth-order valence-corrected chi connectivity index (χ4v) is 3.42. The van der Waals surface area contributed by atoms with E-state index >= 15 is 0 Å². The maximum absolute atomic E-state index is 4.39. The highest BCUT2D eigenvalue weighted by atomic mass is 79.9. The van der Waals surface area contributed by atoms with E-state index in [9.17, 15) is 0 Å². The van der Waals surface area contributed by atoms with Crippen LogP contribution >= 0.6 is 27.7 Å². The Morgan fingerprint density at radius 1 is 1.37 bits per heavy atom. The monoisotopic (exact) mass is 339 g/mol. The van der Waals surface area contributed by atoms with Gasteiger partial charge in [-0.05, 0) is 37.2 Å². The first-order chi connectivity index (χ1) is 9.10. The van der Waals surface area contributed by atoms with Crippen molar-refractivity contribution in [2.75, 3.05) is 6.54 Å². The molecule has 0 aliphatic heterocycles. The zero-order valence-electron chi connectivity index (χ0n) is 11.4. The zero-order valence-corrected chi connectivity index (χ0v) is 13.8. The summed E-state index contributed by atoms with van der Waals surface area (Å²) in [5, 5.41) is 8.93. The molecule has 0 amide bonds. The van der Waals surface area contributed by atoms with E-state index < -0.39 is 0 Å². The smallest absolute Gasteiger partial charge is 0.0987 e. The van der Waals surface area contributed by atoms with Crippen molar-refractivity contribution >= 4 is 27.7 Å². The summed E-state index contributed by atoms with van der Waals surface area (Å²) in [6, 6.07) is 8.53. The van der Waals surface area contributed by atoms with Crippen LogP contribution in [-0.4, -0.2) is 16.3 Å². The number of halogens is 1. The largest absolute Gasteiger partial charge is 0.313 e. The minimum atomic E-state index is 0.892. The van der Waals surface area contributed by atoms with Crippen LogP contribution in [0, 0.1) is 6.92 Å². The van der Waals surface area contributed by atoms with E-state index in [1.54, 1.807) is 11.8 Å². The Hall–Kier alpha value is -0.780. The standard InChI is InChI=1S/C14H18BrN3S/c1-4-16-9-11-5-6-12(15)8-13(11)19-14-7-10(2)17-18(14)3/h5-8,16H,4,9H2,1-3H3. The fraction of sp³-hybridized carbons (Fsp3) is 0.357. The number of rotatable bonds is 5. The Kier molecular flexibility index (Phi) is 5.07. The molecule has 0 fully saturated rings. The van der Waals surface area contributed by atoms with E-state index in [-0.39, 0.29) is 0 Å². The molecule has 0 spiro atoms. The van der Waals surface area contributed by atoms with Gasteiger partial charge in [0, 0.05) is 23.0 Å². The highest BCUT2D eigenvalue weighted by Gasteiger charge is 2.09. The van der Waals surface area contributed by atoms with Crippen LogP contribution in [0.3, 0.4) is 0 Å². The molecular weight excluding hydrogens is 322 g/mol. The molecule has 2 aromatic rings. The summed E-state index contributed by atoms with van der Waals surface area (Å²) >= 11 is 5.30. The summed E-state index contributed by atoms with van der Waals surface area (Å²) in [6.45, 7) is 6.01. The van der Waals surface area contributed by atoms with Crippen molar-refractivity contribution in [3.05, 3.63) is 40.0 Å². The Morgan fingerprint density at radius 3 is 2.79 bits per heavy atom. The molecule has 0 bridgehead atoms. The van der Waals surface area contributed by atoms with Gasteiger partial charge in [-0.3, -0.25) is 4.68 Å². The molecule has 19 heavy (non-hydrogen) atoms. The molecule has 1 aromatic heterocycles. The number of benzene rings is 1. The second-order valence-corrected chi connectivity index (χ2v) is 6.36. The van der Waals surface area contributed by atoms with Crippen LogP contribution in [0.5, 0.6) is 0 Å². The highest BCUT2D eigenvalue weighted by molar-refractivity contribution is 9.10. The topological polar surface area (TPSA) is 29.9 Å². The lowest BCUT2D eigenvalue weighted by molar-refractivity contribution is 0.691. The van der Waals surface area contributed by atoms with E-state index in [4.69, 9.17) is 0 Å². The van der Waals surface area contributed by atoms with Crippen molar-refractivity contribution in [2.24, 2.45) is 7.05 Å². The predicted octanol–water partition coefficient (Wildman–Crippen LogP) is 3.75. The third-order valence-electron chi connectivity index (χ3n) is 2.77. The molecule has 0 unspecified atom stereocenters. The minimum absolute atomic E-state index is 0.892. The quantitative estimate of drug-likeness (QED) is 0.899. The molecule has 0 saturated carbocycles. The van der Waals surface area contributed by atoms with Crippen LogP contribution in [0.2, 0.25) is 0 Å². The van der Waals surface area contributed by atoms with E-state index in [1.807, 2.05) is 18.7 Å². The molecule has 0 aliphatic rings. The van der Waals surface area contributed by atoms with Crippen LogP contribution in [-0.2, 0) is 13.6 Å². The van der Waals surface area contributed by atoms with Crippen molar-refractivity contribution < 1.29 is 0 Å². The van der Waals surface area contributed by atoms with Gasteiger partial charge in [0.15, 0.2) is 0 Å². The second-order valence-electron chi connectivity index (χ2n) is 4.38. The van der Waals surface area contributed by atoms with Gasteiger partial charge in [0.2, 0.25) is 0 Å². The summed E-state index contributed by atoms with van der Waals surface area (Å²) in [5.74, 6) is 0. The molecule has 0 radical (unpaired) electrons. The van der Waals surface area contributed by atoms with Gasteiger partial charge in [-0.25, -0.2) is 0 Å². The third-order valence-corrected chi connectivity index (χ3v) is 4.45. The maximum atomic E-state index is 4.39. The lowest BCUT2D eigenvalue weighted by atomic mass is 10.2. The van der Waals surface area contributed by atoms with Gasteiger partial charge < -0.3 is 5.32 Å². The highest BCUT2D eigenvalue weighted by Crippen LogP contribution is 2.32. The van der Waals surface area contributed by atoms with Crippen molar-refractivity contribution in [1.82, 2.24) is 15.1 Å². The minimum Gasteiger partial charge on any atom is -0.313 e. The normalized spacial score (nSPS) is 10.9. The van der Waals surface area contributed by atoms with Crippen LogP contribution in [0.15, 0.2) is 38.7 Å². The van der Waals surface area contributed by atoms with Gasteiger partial charge in [-0.1, -0.05) is 40.7 Å². The lowest BCUT2D eigenvalue weighted by Gasteiger charge is -2.10. The Labute approximate surface area is 126 Å². The number of hydrogen-bond acceptors (Lipinski definition) is 3. The molecule has 0 aliphatic carbocycles. The molecule has 1 heterocycles. The summed E-state index contributed by atoms with van der Waals surface area (Å²) < 4.78 is 3.03. The van der Waals surface area contributed by atoms with Gasteiger partial charge in [0.1, 0.15) is 0 Å². The maximum Gasteiger partial charge on any atom is 0.0987 e. The summed E-state index contributed by atoms with van der Waals surface area (Å²) in [4.78, 5) is 1.26. The van der Waals surface area contributed by atoms with Crippen LogP contribution in [0.4, 0.5) is 0 Å². The van der Waals surface area contributed by atoms with Crippen molar-refractivity contribution in [3.8, 4) is 0 Å². The van der Waals surface area contributed by atoms with E-state index in [0.29, 0.717) is 0 Å². The predicted molar refractivity (Wildman–Crippen MR) is 83.6 cm³/mol. The molecule has 5 heteroatoms. The molecule has 1 aromatic carbocycles. The molecule has 0 saturated heterocycles. The summed E-state index contributed by atoms with van der Waals surface area (Å²) in [5.41, 5.74) is 2.36. The zero-order chi connectivity index (χ0) is 13.8. The molecule has 102 valence electrons. The van der Waals surface area contributed by atoms with Gasteiger partial charge in [-0.15, -0.1) is 0 Å². The molecule has 0 atom stereocenters. The van der Waals surface area contributed by atoms with Gasteiger partial charge in [-0.2, -0.15) is 5.10 Å². The van der Waals surface area contributed by atoms with Crippen molar-refractivity contribution in [3.63, 3.8) is 0 Å². The summed E-state index contributed by atoms with van der Waals surface area (Å²) in [6.07, 6.45) is 0. The van der Waals surface area contributed by atoms with E-state index in [2.05, 4.69) is 57.5 Å². The molecule has 1 N–H and O–H groups in total. The molecular formula is C14H18BrN3S.